The smallest absolute Gasteiger partial charge is 0.292 e. The van der Waals surface area contributed by atoms with Crippen molar-refractivity contribution in [3.8, 4) is 28.7 Å². The van der Waals surface area contributed by atoms with E-state index in [2.05, 4.69) is 21.2 Å². The van der Waals surface area contributed by atoms with Gasteiger partial charge in [0.05, 0.1) is 26.9 Å². The molecule has 0 aliphatic heterocycles. The van der Waals surface area contributed by atoms with Crippen LogP contribution in [0.1, 0.15) is 5.56 Å². The predicted octanol–water partition coefficient (Wildman–Crippen LogP) is 6.28. The number of hydrogen-bond acceptors (Lipinski definition) is 5. The van der Waals surface area contributed by atoms with Crippen LogP contribution in [0.15, 0.2) is 89.4 Å². The summed E-state index contributed by atoms with van der Waals surface area (Å²) in [6.45, 7) is 0. The van der Waals surface area contributed by atoms with Gasteiger partial charge < -0.3 is 24.4 Å². The number of amidine groups is 1. The second-order valence-corrected chi connectivity index (χ2v) is 8.68. The predicted molar refractivity (Wildman–Crippen MR) is 146 cm³/mol. The van der Waals surface area contributed by atoms with Crippen molar-refractivity contribution in [1.82, 2.24) is 4.58 Å². The number of rotatable bonds is 7. The number of phenols is 2. The van der Waals surface area contributed by atoms with Gasteiger partial charge >= 0.3 is 0 Å². The summed E-state index contributed by atoms with van der Waals surface area (Å²) in [4.78, 5) is 0. The van der Waals surface area contributed by atoms with Gasteiger partial charge in [0.1, 0.15) is 28.6 Å². The average molecular weight is 550 g/mol. The zero-order chi connectivity index (χ0) is 25.7. The van der Waals surface area contributed by atoms with Crippen molar-refractivity contribution in [3.05, 3.63) is 95.0 Å². The average Bonchev–Trinajstić information content (AvgIpc) is 2.90. The Labute approximate surface area is 218 Å². The van der Waals surface area contributed by atoms with Crippen molar-refractivity contribution in [1.29, 1.82) is 0 Å². The highest BCUT2D eigenvalue weighted by Crippen LogP contribution is 2.39. The second kappa shape index (κ2) is 11.0. The molecule has 0 bridgehead atoms. The SMILES string of the molecule is COc1cc(C(Nc2ccc(Br)cc2)=[N+](c2ccc(O)cc2)c2ccc(O)cc2)cc(OC)c1OC. The Kier molecular flexibility index (Phi) is 7.65. The molecule has 0 radical (unpaired) electrons. The standard InChI is InChI=1S/C28H25BrN2O5/c1-34-25-16-18(17-26(35-2)27(25)36-3)28(30-20-6-4-19(29)5-7-20)31(21-8-12-23(32)13-9-21)22-10-14-24(33)15-11-22/h4-17,32-33H,1-3H3/p+1. The summed E-state index contributed by atoms with van der Waals surface area (Å²) in [5, 5.41) is 23.4. The number of hydrogen-bond donors (Lipinski definition) is 3. The summed E-state index contributed by atoms with van der Waals surface area (Å²) in [7, 11) is 4.70. The number of halogens is 1. The third-order valence-corrected chi connectivity index (χ3v) is 6.01. The van der Waals surface area contributed by atoms with Gasteiger partial charge in [-0.05, 0) is 84.9 Å². The Hall–Kier alpha value is -4.17. The molecule has 0 unspecified atom stereocenters. The minimum Gasteiger partial charge on any atom is -0.508 e. The maximum absolute atomic E-state index is 9.93. The van der Waals surface area contributed by atoms with E-state index in [0.717, 1.165) is 27.1 Å². The molecule has 0 aromatic heterocycles. The third-order valence-electron chi connectivity index (χ3n) is 5.48. The second-order valence-electron chi connectivity index (χ2n) is 7.76. The molecule has 4 aromatic rings. The van der Waals surface area contributed by atoms with E-state index in [9.17, 15) is 10.2 Å². The van der Waals surface area contributed by atoms with E-state index in [0.29, 0.717) is 23.1 Å². The monoisotopic (exact) mass is 549 g/mol. The Morgan fingerprint density at radius 2 is 1.17 bits per heavy atom. The van der Waals surface area contributed by atoms with Crippen LogP contribution in [0.3, 0.4) is 0 Å². The summed E-state index contributed by atoms with van der Waals surface area (Å²) in [6.07, 6.45) is 0. The van der Waals surface area contributed by atoms with Crippen LogP contribution in [-0.2, 0) is 0 Å². The van der Waals surface area contributed by atoms with Crippen LogP contribution in [0.4, 0.5) is 17.1 Å². The lowest BCUT2D eigenvalue weighted by atomic mass is 10.1. The number of anilines is 1. The lowest BCUT2D eigenvalue weighted by Crippen LogP contribution is -2.26. The first-order valence-corrected chi connectivity index (χ1v) is 11.8. The molecule has 8 heteroatoms. The number of benzene rings is 4. The number of methoxy groups -OCH3 is 3. The van der Waals surface area contributed by atoms with Crippen LogP contribution in [0, 0.1) is 0 Å². The van der Waals surface area contributed by atoms with E-state index in [1.807, 2.05) is 65.2 Å². The maximum atomic E-state index is 9.93. The van der Waals surface area contributed by atoms with Gasteiger partial charge in [-0.2, -0.15) is 4.58 Å². The van der Waals surface area contributed by atoms with E-state index in [4.69, 9.17) is 14.2 Å². The number of phenolic OH excluding ortho intramolecular Hbond substituents is 2. The Bertz CT molecular complexity index is 1300. The fourth-order valence-electron chi connectivity index (χ4n) is 3.76. The Balaban J connectivity index is 2.06. The summed E-state index contributed by atoms with van der Waals surface area (Å²) >= 11 is 3.49. The number of nitrogens with one attached hydrogen (secondary N) is 1. The highest BCUT2D eigenvalue weighted by atomic mass is 79.9. The van der Waals surface area contributed by atoms with Gasteiger partial charge in [-0.15, -0.1) is 0 Å². The van der Waals surface area contributed by atoms with Crippen molar-refractivity contribution in [2.24, 2.45) is 0 Å². The quantitative estimate of drug-likeness (QED) is 0.143. The highest BCUT2D eigenvalue weighted by molar-refractivity contribution is 9.10. The van der Waals surface area contributed by atoms with Crippen molar-refractivity contribution >= 4 is 38.8 Å². The Morgan fingerprint density at radius 3 is 1.58 bits per heavy atom. The molecule has 4 aromatic carbocycles. The number of aromatic hydroxyl groups is 2. The summed E-state index contributed by atoms with van der Waals surface area (Å²) < 4.78 is 19.7. The molecule has 4 rings (SSSR count). The fourth-order valence-corrected chi connectivity index (χ4v) is 4.02. The molecule has 0 saturated carbocycles. The molecule has 0 aliphatic carbocycles. The highest BCUT2D eigenvalue weighted by Gasteiger charge is 2.25. The molecule has 0 spiro atoms. The first-order chi connectivity index (χ1) is 17.4. The normalized spacial score (nSPS) is 10.4. The maximum Gasteiger partial charge on any atom is 0.292 e. The first-order valence-electron chi connectivity index (χ1n) is 11.0. The molecule has 184 valence electrons. The molecule has 0 heterocycles. The van der Waals surface area contributed by atoms with Crippen molar-refractivity contribution in [2.45, 2.75) is 0 Å². The number of nitrogens with zero attached hydrogens (tertiary/aromatic N) is 1. The van der Waals surface area contributed by atoms with Gasteiger partial charge in [-0.25, -0.2) is 5.32 Å². The molecule has 0 amide bonds. The van der Waals surface area contributed by atoms with Crippen LogP contribution in [0.5, 0.6) is 28.7 Å². The molecule has 0 fully saturated rings. The van der Waals surface area contributed by atoms with Gasteiger partial charge in [-0.3, -0.25) is 0 Å². The van der Waals surface area contributed by atoms with Crippen LogP contribution in [0.2, 0.25) is 0 Å². The zero-order valence-electron chi connectivity index (χ0n) is 20.0. The molecule has 0 aliphatic rings. The largest absolute Gasteiger partial charge is 0.508 e. The van der Waals surface area contributed by atoms with Crippen molar-refractivity contribution < 1.29 is 24.4 Å². The third kappa shape index (κ3) is 5.39. The zero-order valence-corrected chi connectivity index (χ0v) is 21.6. The van der Waals surface area contributed by atoms with Gasteiger partial charge in [-0.1, -0.05) is 15.9 Å². The lowest BCUT2D eigenvalue weighted by molar-refractivity contribution is 0.324. The van der Waals surface area contributed by atoms with Gasteiger partial charge in [0.25, 0.3) is 5.84 Å². The van der Waals surface area contributed by atoms with E-state index in [-0.39, 0.29) is 11.5 Å². The number of ether oxygens (including phenoxy) is 3. The van der Waals surface area contributed by atoms with Gasteiger partial charge in [0.2, 0.25) is 5.75 Å². The molecular formula is C28H26BrN2O5+. The topological polar surface area (TPSA) is 83.2 Å². The fraction of sp³-hybridized carbons (Fsp3) is 0.107. The molecule has 0 atom stereocenters. The van der Waals surface area contributed by atoms with E-state index < -0.39 is 0 Å². The molecule has 0 saturated heterocycles. The summed E-state index contributed by atoms with van der Waals surface area (Å²) in [5.74, 6) is 2.45. The van der Waals surface area contributed by atoms with Gasteiger partial charge in [0, 0.05) is 4.47 Å². The Morgan fingerprint density at radius 1 is 0.694 bits per heavy atom. The van der Waals surface area contributed by atoms with Crippen LogP contribution in [0.25, 0.3) is 0 Å². The van der Waals surface area contributed by atoms with Gasteiger partial charge in [0.15, 0.2) is 11.5 Å². The van der Waals surface area contributed by atoms with Crippen LogP contribution < -0.4 is 24.1 Å². The first kappa shape index (κ1) is 24.9. The summed E-state index contributed by atoms with van der Waals surface area (Å²) in [6, 6.07) is 25.2. The van der Waals surface area contributed by atoms with Crippen molar-refractivity contribution in [3.63, 3.8) is 0 Å². The van der Waals surface area contributed by atoms with E-state index >= 15 is 0 Å². The minimum absolute atomic E-state index is 0.152. The molecule has 3 N–H and O–H groups in total. The molecule has 7 nitrogen and oxygen atoms in total. The molecule has 36 heavy (non-hydrogen) atoms. The van der Waals surface area contributed by atoms with E-state index in [1.54, 1.807) is 45.6 Å². The van der Waals surface area contributed by atoms with E-state index in [1.165, 1.54) is 0 Å². The lowest BCUT2D eigenvalue weighted by Gasteiger charge is -2.17. The minimum atomic E-state index is 0.152. The van der Waals surface area contributed by atoms with Crippen LogP contribution >= 0.6 is 15.9 Å². The van der Waals surface area contributed by atoms with Crippen LogP contribution in [-0.4, -0.2) is 37.4 Å². The molecular weight excluding hydrogens is 524 g/mol. The van der Waals surface area contributed by atoms with Crippen molar-refractivity contribution in [2.75, 3.05) is 26.6 Å². The summed E-state index contributed by atoms with van der Waals surface area (Å²) in [5.41, 5.74) is 3.12.